The molecule has 6 heteroatoms. The van der Waals surface area contributed by atoms with E-state index in [1.54, 1.807) is 20.2 Å². The summed E-state index contributed by atoms with van der Waals surface area (Å²) in [5.41, 5.74) is 0.341. The Morgan fingerprint density at radius 3 is 2.63 bits per heavy atom. The van der Waals surface area contributed by atoms with Gasteiger partial charge in [0.2, 0.25) is 5.88 Å². The number of aryl methyl sites for hydroxylation is 1. The monoisotopic (exact) mass is 287 g/mol. The highest BCUT2D eigenvalue weighted by Gasteiger charge is 2.18. The maximum absolute atomic E-state index is 11.9. The Hall–Kier alpha value is -1.23. The Morgan fingerprint density at radius 1 is 1.53 bits per heavy atom. The molecular formula is C13H22ClN3O2. The first-order valence-electron chi connectivity index (χ1n) is 6.53. The summed E-state index contributed by atoms with van der Waals surface area (Å²) in [6, 6.07) is 1.61. The van der Waals surface area contributed by atoms with Crippen molar-refractivity contribution in [3.05, 3.63) is 11.8 Å². The number of nitrogens with one attached hydrogen (secondary N) is 1. The van der Waals surface area contributed by atoms with E-state index in [0.29, 0.717) is 24.0 Å². The fraction of sp³-hybridized carbons (Fsp3) is 0.692. The van der Waals surface area contributed by atoms with E-state index in [2.05, 4.69) is 24.3 Å². The van der Waals surface area contributed by atoms with E-state index in [0.717, 1.165) is 12.8 Å². The predicted octanol–water partition coefficient (Wildman–Crippen LogP) is 2.20. The normalized spacial score (nSPS) is 12.5. The van der Waals surface area contributed by atoms with Crippen LogP contribution in [0.1, 0.15) is 37.2 Å². The number of alkyl halides is 1. The Morgan fingerprint density at radius 2 is 2.16 bits per heavy atom. The van der Waals surface area contributed by atoms with Gasteiger partial charge in [-0.1, -0.05) is 26.7 Å². The molecule has 0 aliphatic heterocycles. The molecule has 1 N–H and O–H groups in total. The molecule has 0 aliphatic carbocycles. The van der Waals surface area contributed by atoms with Crippen molar-refractivity contribution < 1.29 is 9.53 Å². The van der Waals surface area contributed by atoms with Gasteiger partial charge in [0.1, 0.15) is 0 Å². The maximum atomic E-state index is 11.9. The molecule has 1 aromatic rings. The molecule has 1 atom stereocenters. The molecule has 19 heavy (non-hydrogen) atoms. The molecule has 0 saturated carbocycles. The molecule has 1 amide bonds. The summed E-state index contributed by atoms with van der Waals surface area (Å²) in [6.45, 7) is 4.66. The van der Waals surface area contributed by atoms with E-state index in [1.807, 2.05) is 0 Å². The zero-order valence-electron chi connectivity index (χ0n) is 11.9. The van der Waals surface area contributed by atoms with Gasteiger partial charge in [-0.15, -0.1) is 11.6 Å². The van der Waals surface area contributed by atoms with E-state index >= 15 is 0 Å². The molecule has 1 heterocycles. The van der Waals surface area contributed by atoms with Crippen molar-refractivity contribution in [3.63, 3.8) is 0 Å². The van der Waals surface area contributed by atoms with Crippen molar-refractivity contribution in [2.24, 2.45) is 13.0 Å². The average molecular weight is 288 g/mol. The minimum Gasteiger partial charge on any atom is -0.481 e. The first-order chi connectivity index (χ1) is 9.03. The molecule has 0 aromatic carbocycles. The molecule has 1 aromatic heterocycles. The minimum absolute atomic E-state index is 0.0513. The molecule has 5 nitrogen and oxygen atoms in total. The van der Waals surface area contributed by atoms with Crippen molar-refractivity contribution in [2.45, 2.75) is 32.1 Å². The fourth-order valence-electron chi connectivity index (χ4n) is 2.00. The number of carbonyl (C=O) groups excluding carboxylic acids is 1. The second kappa shape index (κ2) is 7.38. The number of halogens is 1. The third-order valence-corrected chi connectivity index (χ3v) is 3.81. The molecule has 0 fully saturated rings. The lowest BCUT2D eigenvalue weighted by Crippen LogP contribution is -2.33. The van der Waals surface area contributed by atoms with Crippen LogP contribution < -0.4 is 10.1 Å². The molecule has 1 unspecified atom stereocenters. The number of hydrogen-bond donors (Lipinski definition) is 1. The van der Waals surface area contributed by atoms with Gasteiger partial charge in [-0.25, -0.2) is 4.68 Å². The van der Waals surface area contributed by atoms with E-state index < -0.39 is 0 Å². The zero-order chi connectivity index (χ0) is 14.4. The number of ether oxygens (including phenoxy) is 1. The van der Waals surface area contributed by atoms with E-state index in [1.165, 1.54) is 4.68 Å². The second-order valence-corrected chi connectivity index (χ2v) is 5.06. The third-order valence-electron chi connectivity index (χ3n) is 3.30. The van der Waals surface area contributed by atoms with Crippen LogP contribution in [0, 0.1) is 5.92 Å². The largest absolute Gasteiger partial charge is 0.481 e. The lowest BCUT2D eigenvalue weighted by atomic mass is 9.99. The van der Waals surface area contributed by atoms with Crippen molar-refractivity contribution in [1.82, 2.24) is 15.1 Å². The van der Waals surface area contributed by atoms with Crippen LogP contribution >= 0.6 is 11.6 Å². The van der Waals surface area contributed by atoms with Crippen molar-refractivity contribution in [2.75, 3.05) is 13.7 Å². The predicted molar refractivity (Wildman–Crippen MR) is 75.8 cm³/mol. The molecule has 0 radical (unpaired) electrons. The first kappa shape index (κ1) is 15.8. The van der Waals surface area contributed by atoms with E-state index in [9.17, 15) is 4.79 Å². The summed E-state index contributed by atoms with van der Waals surface area (Å²) >= 11 is 6.28. The molecule has 108 valence electrons. The summed E-state index contributed by atoms with van der Waals surface area (Å²) in [7, 11) is 3.27. The molecule has 0 aliphatic rings. The lowest BCUT2D eigenvalue weighted by Gasteiger charge is -2.19. The summed E-state index contributed by atoms with van der Waals surface area (Å²) in [4.78, 5) is 11.9. The second-order valence-electron chi connectivity index (χ2n) is 4.50. The zero-order valence-corrected chi connectivity index (χ0v) is 12.7. The summed E-state index contributed by atoms with van der Waals surface area (Å²) in [5, 5.41) is 6.84. The summed E-state index contributed by atoms with van der Waals surface area (Å²) in [6.07, 6.45) is 2.02. The van der Waals surface area contributed by atoms with Crippen LogP contribution in [0.3, 0.4) is 0 Å². The number of aromatic nitrogens is 2. The van der Waals surface area contributed by atoms with Crippen LogP contribution in [0.4, 0.5) is 0 Å². The Labute approximate surface area is 119 Å². The third kappa shape index (κ3) is 4.13. The lowest BCUT2D eigenvalue weighted by molar-refractivity contribution is 0.0946. The Kier molecular flexibility index (Phi) is 6.15. The Bertz CT molecular complexity index is 416. The van der Waals surface area contributed by atoms with Gasteiger partial charge in [-0.3, -0.25) is 4.79 Å². The number of amides is 1. The number of hydrogen-bond acceptors (Lipinski definition) is 3. The summed E-state index contributed by atoms with van der Waals surface area (Å²) in [5.74, 6) is 0.739. The van der Waals surface area contributed by atoms with Crippen LogP contribution in [0.15, 0.2) is 6.07 Å². The number of methoxy groups -OCH3 is 1. The van der Waals surface area contributed by atoms with Crippen LogP contribution in [0.5, 0.6) is 5.88 Å². The fourth-order valence-corrected chi connectivity index (χ4v) is 2.43. The molecule has 1 rings (SSSR count). The first-order valence-corrected chi connectivity index (χ1v) is 6.97. The van der Waals surface area contributed by atoms with Gasteiger partial charge in [0.25, 0.3) is 5.91 Å². The standard InChI is InChI=1S/C13H22ClN3O2/c1-5-9(6-2)10(14)8-15-13(18)11-7-12(19-4)17(3)16-11/h7,9-10H,5-6,8H2,1-4H3,(H,15,18). The van der Waals surface area contributed by atoms with Gasteiger partial charge < -0.3 is 10.1 Å². The van der Waals surface area contributed by atoms with Crippen LogP contribution in [-0.2, 0) is 7.05 Å². The number of carbonyl (C=O) groups is 1. The van der Waals surface area contributed by atoms with Gasteiger partial charge in [0.05, 0.1) is 12.5 Å². The molecule has 0 spiro atoms. The van der Waals surface area contributed by atoms with Gasteiger partial charge in [-0.05, 0) is 5.92 Å². The topological polar surface area (TPSA) is 56.1 Å². The van der Waals surface area contributed by atoms with Crippen LogP contribution in [-0.4, -0.2) is 34.7 Å². The molecule has 0 bridgehead atoms. The van der Waals surface area contributed by atoms with Gasteiger partial charge in [0.15, 0.2) is 5.69 Å². The average Bonchev–Trinajstić information content (AvgIpc) is 2.78. The van der Waals surface area contributed by atoms with Gasteiger partial charge in [-0.2, -0.15) is 5.10 Å². The highest BCUT2D eigenvalue weighted by atomic mass is 35.5. The van der Waals surface area contributed by atoms with Crippen molar-refractivity contribution in [3.8, 4) is 5.88 Å². The smallest absolute Gasteiger partial charge is 0.271 e. The highest BCUT2D eigenvalue weighted by Crippen LogP contribution is 2.18. The van der Waals surface area contributed by atoms with Crippen LogP contribution in [0.2, 0.25) is 0 Å². The van der Waals surface area contributed by atoms with Crippen LogP contribution in [0.25, 0.3) is 0 Å². The van der Waals surface area contributed by atoms with Gasteiger partial charge >= 0.3 is 0 Å². The quantitative estimate of drug-likeness (QED) is 0.782. The maximum Gasteiger partial charge on any atom is 0.271 e. The SMILES string of the molecule is CCC(CC)C(Cl)CNC(=O)c1cc(OC)n(C)n1. The van der Waals surface area contributed by atoms with Crippen molar-refractivity contribution >= 4 is 17.5 Å². The van der Waals surface area contributed by atoms with E-state index in [-0.39, 0.29) is 11.3 Å². The minimum atomic E-state index is -0.226. The number of rotatable bonds is 7. The van der Waals surface area contributed by atoms with Gasteiger partial charge in [0, 0.05) is 19.7 Å². The molecule has 0 saturated heterocycles. The Balaban J connectivity index is 2.55. The number of nitrogens with zero attached hydrogens (tertiary/aromatic N) is 2. The highest BCUT2D eigenvalue weighted by molar-refractivity contribution is 6.21. The molecular weight excluding hydrogens is 266 g/mol. The summed E-state index contributed by atoms with van der Waals surface area (Å²) < 4.78 is 6.59. The van der Waals surface area contributed by atoms with Crippen molar-refractivity contribution in [1.29, 1.82) is 0 Å². The van der Waals surface area contributed by atoms with E-state index in [4.69, 9.17) is 16.3 Å².